The Balaban J connectivity index is 2.68. The van der Waals surface area contributed by atoms with E-state index in [4.69, 9.17) is 0 Å². The van der Waals surface area contributed by atoms with Crippen LogP contribution in [0.15, 0.2) is 53.9 Å². The number of nitro groups is 2. The Morgan fingerprint density at radius 2 is 1.67 bits per heavy atom. The van der Waals surface area contributed by atoms with E-state index in [0.717, 1.165) is 16.4 Å². The zero-order valence-corrected chi connectivity index (χ0v) is 15.5. The molecule has 0 aliphatic rings. The molecule has 9 nitrogen and oxygen atoms in total. The van der Waals surface area contributed by atoms with Crippen LogP contribution in [0.5, 0.6) is 0 Å². The molecule has 0 unspecified atom stereocenters. The molecular weight excluding hydrogens is 374 g/mol. The van der Waals surface area contributed by atoms with Crippen molar-refractivity contribution in [3.63, 3.8) is 0 Å². The van der Waals surface area contributed by atoms with E-state index in [2.05, 4.69) is 6.58 Å². The van der Waals surface area contributed by atoms with E-state index < -0.39 is 19.9 Å². The van der Waals surface area contributed by atoms with E-state index in [1.54, 1.807) is 6.92 Å². The van der Waals surface area contributed by atoms with Gasteiger partial charge in [-0.15, -0.1) is 6.58 Å². The Hall–Kier alpha value is -3.27. The maximum Gasteiger partial charge on any atom is 0.273 e. The molecule has 0 heterocycles. The number of anilines is 1. The van der Waals surface area contributed by atoms with Gasteiger partial charge in [-0.25, -0.2) is 8.42 Å². The van der Waals surface area contributed by atoms with Gasteiger partial charge in [0.1, 0.15) is 0 Å². The first-order chi connectivity index (χ1) is 12.6. The Kier molecular flexibility index (Phi) is 5.60. The summed E-state index contributed by atoms with van der Waals surface area (Å²) in [5.74, 6) is 0. The zero-order chi connectivity index (χ0) is 20.4. The molecule has 2 aromatic carbocycles. The van der Waals surface area contributed by atoms with Crippen molar-refractivity contribution in [2.45, 2.75) is 18.7 Å². The maximum atomic E-state index is 13.1. The second-order valence-corrected chi connectivity index (χ2v) is 7.62. The van der Waals surface area contributed by atoms with Crippen LogP contribution in [0.1, 0.15) is 11.1 Å². The predicted octanol–water partition coefficient (Wildman–Crippen LogP) is 3.50. The molecule has 0 fully saturated rings. The summed E-state index contributed by atoms with van der Waals surface area (Å²) in [5.41, 5.74) is 0.320. The first kappa shape index (κ1) is 20.0. The fourth-order valence-electron chi connectivity index (χ4n) is 2.50. The van der Waals surface area contributed by atoms with Crippen molar-refractivity contribution in [2.75, 3.05) is 10.8 Å². The van der Waals surface area contributed by atoms with Gasteiger partial charge >= 0.3 is 0 Å². The number of nitro benzene ring substituents is 2. The molecule has 0 aromatic heterocycles. The Bertz CT molecular complexity index is 1030. The van der Waals surface area contributed by atoms with Crippen LogP contribution in [0, 0.1) is 34.1 Å². The van der Waals surface area contributed by atoms with Crippen molar-refractivity contribution in [1.29, 1.82) is 0 Å². The summed E-state index contributed by atoms with van der Waals surface area (Å²) >= 11 is 0. The summed E-state index contributed by atoms with van der Waals surface area (Å²) in [6, 6.07) is 7.45. The van der Waals surface area contributed by atoms with Crippen molar-refractivity contribution in [3.8, 4) is 0 Å². The van der Waals surface area contributed by atoms with Crippen LogP contribution in [0.3, 0.4) is 0 Å². The molecule has 0 saturated heterocycles. The maximum absolute atomic E-state index is 13.1. The third kappa shape index (κ3) is 3.95. The highest BCUT2D eigenvalue weighted by Gasteiger charge is 2.28. The van der Waals surface area contributed by atoms with Crippen LogP contribution >= 0.6 is 0 Å². The number of hydrogen-bond acceptors (Lipinski definition) is 6. The zero-order valence-electron chi connectivity index (χ0n) is 14.7. The van der Waals surface area contributed by atoms with Gasteiger partial charge in [-0.2, -0.15) is 0 Å². The molecule has 142 valence electrons. The topological polar surface area (TPSA) is 124 Å². The highest BCUT2D eigenvalue weighted by Crippen LogP contribution is 2.32. The SMILES string of the molecule is C=CCN(c1cc([N+](=O)[O-])ccc1C)S(=O)(=O)c1ccc(C)c([N+](=O)[O-])c1. The average molecular weight is 391 g/mol. The number of hydrogen-bond donors (Lipinski definition) is 0. The number of sulfonamides is 1. The van der Waals surface area contributed by atoms with Gasteiger partial charge in [-0.1, -0.05) is 18.2 Å². The summed E-state index contributed by atoms with van der Waals surface area (Å²) in [5, 5.41) is 22.2. The first-order valence-corrected chi connectivity index (χ1v) is 9.17. The van der Waals surface area contributed by atoms with Gasteiger partial charge in [-0.3, -0.25) is 24.5 Å². The Morgan fingerprint density at radius 1 is 1.04 bits per heavy atom. The molecule has 0 atom stereocenters. The number of nitrogens with zero attached hydrogens (tertiary/aromatic N) is 3. The van der Waals surface area contributed by atoms with E-state index in [0.29, 0.717) is 11.1 Å². The largest absolute Gasteiger partial charge is 0.273 e. The molecule has 0 spiro atoms. The van der Waals surface area contributed by atoms with Gasteiger partial charge in [0.15, 0.2) is 0 Å². The molecule has 2 rings (SSSR count). The monoisotopic (exact) mass is 391 g/mol. The van der Waals surface area contributed by atoms with Crippen molar-refractivity contribution < 1.29 is 18.3 Å². The van der Waals surface area contributed by atoms with E-state index >= 15 is 0 Å². The average Bonchev–Trinajstić information content (AvgIpc) is 2.60. The van der Waals surface area contributed by atoms with Gasteiger partial charge in [0, 0.05) is 23.8 Å². The Labute approximate surface area is 155 Å². The standard InChI is InChI=1S/C17H17N3O6S/c1-4-9-18(16-10-14(19(21)22)7-5-12(16)2)27(25,26)15-8-6-13(3)17(11-15)20(23)24/h4-8,10-11H,1,9H2,2-3H3. The molecule has 0 radical (unpaired) electrons. The molecule has 0 amide bonds. The lowest BCUT2D eigenvalue weighted by molar-refractivity contribution is -0.385. The quantitative estimate of drug-likeness (QED) is 0.404. The van der Waals surface area contributed by atoms with Gasteiger partial charge in [0.05, 0.1) is 27.0 Å². The molecule has 0 N–H and O–H groups in total. The van der Waals surface area contributed by atoms with E-state index in [1.807, 2.05) is 0 Å². The number of rotatable bonds is 7. The van der Waals surface area contributed by atoms with Crippen LogP contribution in [0.25, 0.3) is 0 Å². The van der Waals surface area contributed by atoms with Crippen LogP contribution in [0.4, 0.5) is 17.1 Å². The predicted molar refractivity (Wildman–Crippen MR) is 100 cm³/mol. The van der Waals surface area contributed by atoms with Crippen molar-refractivity contribution >= 4 is 27.1 Å². The molecule has 0 aliphatic heterocycles. The smallest absolute Gasteiger partial charge is 0.262 e. The summed E-state index contributed by atoms with van der Waals surface area (Å²) in [6.07, 6.45) is 1.33. The Morgan fingerprint density at radius 3 is 2.22 bits per heavy atom. The van der Waals surface area contributed by atoms with Crippen molar-refractivity contribution in [2.24, 2.45) is 0 Å². The third-order valence-corrected chi connectivity index (χ3v) is 5.71. The summed E-state index contributed by atoms with van der Waals surface area (Å²) in [7, 11) is -4.22. The second-order valence-electron chi connectivity index (χ2n) is 5.76. The molecule has 0 saturated carbocycles. The number of non-ortho nitro benzene ring substituents is 1. The fraction of sp³-hybridized carbons (Fsp3) is 0.176. The summed E-state index contributed by atoms with van der Waals surface area (Å²) < 4.78 is 27.2. The minimum atomic E-state index is -4.22. The van der Waals surface area contributed by atoms with Gasteiger partial charge in [0.25, 0.3) is 21.4 Å². The second kappa shape index (κ2) is 7.54. The van der Waals surface area contributed by atoms with Crippen molar-refractivity contribution in [1.82, 2.24) is 0 Å². The van der Waals surface area contributed by atoms with Gasteiger partial charge < -0.3 is 0 Å². The van der Waals surface area contributed by atoms with Crippen molar-refractivity contribution in [3.05, 3.63) is 80.4 Å². The van der Waals surface area contributed by atoms with Crippen LogP contribution in [0.2, 0.25) is 0 Å². The number of aryl methyl sites for hydroxylation is 2. The van der Waals surface area contributed by atoms with E-state index in [9.17, 15) is 28.6 Å². The van der Waals surface area contributed by atoms with Crippen LogP contribution in [-0.4, -0.2) is 24.8 Å². The van der Waals surface area contributed by atoms with Crippen LogP contribution < -0.4 is 4.31 Å². The molecule has 27 heavy (non-hydrogen) atoms. The minimum Gasteiger partial charge on any atom is -0.262 e. The lowest BCUT2D eigenvalue weighted by Gasteiger charge is -2.24. The first-order valence-electron chi connectivity index (χ1n) is 7.73. The van der Waals surface area contributed by atoms with E-state index in [-0.39, 0.29) is 28.5 Å². The molecule has 0 bridgehead atoms. The van der Waals surface area contributed by atoms with Gasteiger partial charge in [-0.05, 0) is 25.5 Å². The number of benzene rings is 2. The van der Waals surface area contributed by atoms with Crippen LogP contribution in [-0.2, 0) is 10.0 Å². The lowest BCUT2D eigenvalue weighted by Crippen LogP contribution is -2.32. The third-order valence-electron chi connectivity index (χ3n) is 3.93. The van der Waals surface area contributed by atoms with Gasteiger partial charge in [0.2, 0.25) is 0 Å². The lowest BCUT2D eigenvalue weighted by atomic mass is 10.2. The summed E-state index contributed by atoms with van der Waals surface area (Å²) in [4.78, 5) is 20.6. The normalized spacial score (nSPS) is 11.0. The molecule has 2 aromatic rings. The highest BCUT2D eigenvalue weighted by molar-refractivity contribution is 7.92. The molecular formula is C17H17N3O6S. The van der Waals surface area contributed by atoms with E-state index in [1.165, 1.54) is 37.3 Å². The molecule has 0 aliphatic carbocycles. The minimum absolute atomic E-state index is 0.104. The molecule has 10 heteroatoms. The highest BCUT2D eigenvalue weighted by atomic mass is 32.2. The fourth-order valence-corrected chi connectivity index (χ4v) is 4.01. The summed E-state index contributed by atoms with van der Waals surface area (Å²) in [6.45, 7) is 6.49.